The maximum Gasteiger partial charge on any atom is 0.264 e. The van der Waals surface area contributed by atoms with E-state index in [1.54, 1.807) is 60.7 Å². The molecule has 0 aliphatic rings. The lowest BCUT2D eigenvalue weighted by atomic mass is 10.2. The third-order valence-corrected chi connectivity index (χ3v) is 7.89. The molecule has 0 radical (unpaired) electrons. The summed E-state index contributed by atoms with van der Waals surface area (Å²) in [7, 11) is -4.02. The van der Waals surface area contributed by atoms with Crippen LogP contribution in [0, 0.1) is 6.92 Å². The zero-order chi connectivity index (χ0) is 28.4. The number of sulfonamides is 1. The van der Waals surface area contributed by atoms with Crippen LogP contribution in [0.15, 0.2) is 87.7 Å². The van der Waals surface area contributed by atoms with E-state index in [1.807, 2.05) is 27.0 Å². The van der Waals surface area contributed by atoms with Gasteiger partial charge >= 0.3 is 0 Å². The number of hydrogen-bond donors (Lipinski definition) is 2. The van der Waals surface area contributed by atoms with Gasteiger partial charge in [0.2, 0.25) is 0 Å². The number of thioether (sulfide) groups is 1. The summed E-state index contributed by atoms with van der Waals surface area (Å²) in [5, 5.41) is 6.71. The number of aryl methyl sites for hydroxylation is 1. The van der Waals surface area contributed by atoms with Crippen LogP contribution in [0.1, 0.15) is 25.0 Å². The Morgan fingerprint density at radius 3 is 2.21 bits per heavy atom. The third-order valence-electron chi connectivity index (χ3n) is 5.36. The van der Waals surface area contributed by atoms with Crippen LogP contribution >= 0.6 is 11.8 Å². The molecule has 11 heteroatoms. The van der Waals surface area contributed by atoms with Gasteiger partial charge in [-0.25, -0.2) is 13.8 Å². The van der Waals surface area contributed by atoms with E-state index in [9.17, 15) is 18.0 Å². The van der Waals surface area contributed by atoms with Crippen LogP contribution in [0.2, 0.25) is 0 Å². The number of rotatable bonds is 12. The highest BCUT2D eigenvalue weighted by atomic mass is 32.2. The van der Waals surface area contributed by atoms with Crippen LogP contribution in [0.3, 0.4) is 0 Å². The van der Waals surface area contributed by atoms with Gasteiger partial charge in [0, 0.05) is 10.9 Å². The molecule has 0 unspecified atom stereocenters. The van der Waals surface area contributed by atoms with Crippen molar-refractivity contribution in [2.45, 2.75) is 36.6 Å². The summed E-state index contributed by atoms with van der Waals surface area (Å²) in [4.78, 5) is 25.5. The van der Waals surface area contributed by atoms with Crippen molar-refractivity contribution in [1.29, 1.82) is 0 Å². The highest BCUT2D eigenvalue weighted by Gasteiger charge is 2.27. The summed E-state index contributed by atoms with van der Waals surface area (Å²) in [6.07, 6.45) is 3.34. The topological polar surface area (TPSA) is 117 Å². The lowest BCUT2D eigenvalue weighted by Gasteiger charge is -2.24. The molecule has 0 heterocycles. The van der Waals surface area contributed by atoms with Crippen molar-refractivity contribution < 1.29 is 22.7 Å². The molecule has 3 aromatic carbocycles. The number of hydrogen-bond acceptors (Lipinski definition) is 7. The van der Waals surface area contributed by atoms with E-state index in [-0.39, 0.29) is 23.5 Å². The molecule has 0 aromatic heterocycles. The van der Waals surface area contributed by atoms with Crippen LogP contribution in [-0.4, -0.2) is 51.9 Å². The SMILES string of the molecule is CSc1ccc(S(=O)(=O)N(CC(=O)N/N=C\c2ccc(OCC(=O)NC(C)C)cc2)c2ccc(C)cc2)cc1. The minimum atomic E-state index is -4.02. The Hall–Kier alpha value is -3.83. The first kappa shape index (κ1) is 29.7. The van der Waals surface area contributed by atoms with Crippen molar-refractivity contribution >= 4 is 45.5 Å². The second-order valence-corrected chi connectivity index (χ2v) is 11.6. The maximum atomic E-state index is 13.5. The summed E-state index contributed by atoms with van der Waals surface area (Å²) < 4.78 is 33.5. The van der Waals surface area contributed by atoms with Gasteiger partial charge in [0.05, 0.1) is 16.8 Å². The fraction of sp³-hybridized carbons (Fsp3) is 0.250. The van der Waals surface area contributed by atoms with Gasteiger partial charge in [0.25, 0.3) is 21.8 Å². The summed E-state index contributed by atoms with van der Waals surface area (Å²) >= 11 is 1.51. The van der Waals surface area contributed by atoms with Gasteiger partial charge in [-0.2, -0.15) is 5.10 Å². The standard InChI is InChI=1S/C28H32N4O5S2/c1-20(2)30-28(34)19-37-24-11-7-22(8-12-24)17-29-31-27(33)18-32(23-9-5-21(3)6-10-23)39(35,36)26-15-13-25(38-4)14-16-26/h5-17,20H,18-19H2,1-4H3,(H,30,34)(H,31,33)/b29-17-. The van der Waals surface area contributed by atoms with Crippen LogP contribution in [0.25, 0.3) is 0 Å². The average molecular weight is 569 g/mol. The van der Waals surface area contributed by atoms with E-state index in [0.717, 1.165) is 14.8 Å². The molecule has 2 N–H and O–H groups in total. The number of benzene rings is 3. The maximum absolute atomic E-state index is 13.5. The summed E-state index contributed by atoms with van der Waals surface area (Å²) in [6, 6.07) is 20.2. The molecular weight excluding hydrogens is 536 g/mol. The van der Waals surface area contributed by atoms with E-state index in [1.165, 1.54) is 30.1 Å². The van der Waals surface area contributed by atoms with Gasteiger partial charge in [0.1, 0.15) is 12.3 Å². The summed E-state index contributed by atoms with van der Waals surface area (Å²) in [6.45, 7) is 5.08. The number of nitrogens with one attached hydrogen (secondary N) is 2. The molecule has 0 bridgehead atoms. The Bertz CT molecular complexity index is 1390. The third kappa shape index (κ3) is 8.86. The van der Waals surface area contributed by atoms with Crippen molar-refractivity contribution in [3.63, 3.8) is 0 Å². The zero-order valence-electron chi connectivity index (χ0n) is 22.2. The van der Waals surface area contributed by atoms with Crippen molar-refractivity contribution in [3.8, 4) is 5.75 Å². The summed E-state index contributed by atoms with van der Waals surface area (Å²) in [5.74, 6) is -0.302. The normalized spacial score (nSPS) is 11.4. The van der Waals surface area contributed by atoms with Crippen LogP contribution in [0.5, 0.6) is 5.75 Å². The fourth-order valence-electron chi connectivity index (χ4n) is 3.41. The smallest absolute Gasteiger partial charge is 0.264 e. The van der Waals surface area contributed by atoms with Crippen LogP contribution in [0.4, 0.5) is 5.69 Å². The minimum Gasteiger partial charge on any atom is -0.484 e. The second-order valence-electron chi connectivity index (χ2n) is 8.90. The van der Waals surface area contributed by atoms with E-state index >= 15 is 0 Å². The molecule has 0 fully saturated rings. The number of amides is 2. The van der Waals surface area contributed by atoms with Gasteiger partial charge in [0.15, 0.2) is 6.61 Å². The molecule has 9 nitrogen and oxygen atoms in total. The highest BCUT2D eigenvalue weighted by molar-refractivity contribution is 7.98. The van der Waals surface area contributed by atoms with Gasteiger partial charge in [-0.1, -0.05) is 17.7 Å². The number of anilines is 1. The van der Waals surface area contributed by atoms with Crippen molar-refractivity contribution in [2.24, 2.45) is 5.10 Å². The first-order valence-electron chi connectivity index (χ1n) is 12.2. The second kappa shape index (κ2) is 13.8. The van der Waals surface area contributed by atoms with Crippen molar-refractivity contribution in [3.05, 3.63) is 83.9 Å². The lowest BCUT2D eigenvalue weighted by Crippen LogP contribution is -2.39. The molecule has 3 rings (SSSR count). The first-order valence-corrected chi connectivity index (χ1v) is 14.8. The summed E-state index contributed by atoms with van der Waals surface area (Å²) in [5.41, 5.74) is 4.40. The monoisotopic (exact) mass is 568 g/mol. The largest absolute Gasteiger partial charge is 0.484 e. The molecular formula is C28H32N4O5S2. The highest BCUT2D eigenvalue weighted by Crippen LogP contribution is 2.25. The molecule has 3 aromatic rings. The number of carbonyl (C=O) groups excluding carboxylic acids is 2. The Balaban J connectivity index is 1.67. The Morgan fingerprint density at radius 2 is 1.62 bits per heavy atom. The number of ether oxygens (including phenoxy) is 1. The van der Waals surface area contributed by atoms with Crippen LogP contribution in [-0.2, 0) is 19.6 Å². The van der Waals surface area contributed by atoms with Crippen molar-refractivity contribution in [2.75, 3.05) is 23.7 Å². The van der Waals surface area contributed by atoms with E-state index in [2.05, 4.69) is 15.8 Å². The molecule has 0 aliphatic heterocycles. The zero-order valence-corrected chi connectivity index (χ0v) is 23.9. The molecule has 2 amide bonds. The molecule has 0 atom stereocenters. The van der Waals surface area contributed by atoms with E-state index < -0.39 is 22.5 Å². The minimum absolute atomic E-state index is 0.0329. The molecule has 206 valence electrons. The van der Waals surface area contributed by atoms with Crippen molar-refractivity contribution in [1.82, 2.24) is 10.7 Å². The average Bonchev–Trinajstić information content (AvgIpc) is 2.91. The Kier molecular flexibility index (Phi) is 10.5. The Labute approximate surface area is 233 Å². The van der Waals surface area contributed by atoms with Gasteiger partial charge in [-0.15, -0.1) is 11.8 Å². The van der Waals surface area contributed by atoms with Gasteiger partial charge < -0.3 is 10.1 Å². The lowest BCUT2D eigenvalue weighted by molar-refractivity contribution is -0.123. The van der Waals surface area contributed by atoms with Gasteiger partial charge in [-0.3, -0.25) is 13.9 Å². The fourth-order valence-corrected chi connectivity index (χ4v) is 5.24. The predicted octanol–water partition coefficient (Wildman–Crippen LogP) is 3.97. The number of carbonyl (C=O) groups is 2. The molecule has 0 spiro atoms. The number of nitrogens with zero attached hydrogens (tertiary/aromatic N) is 2. The van der Waals surface area contributed by atoms with Gasteiger partial charge in [-0.05, 0) is 93.3 Å². The molecule has 0 aliphatic carbocycles. The first-order chi connectivity index (χ1) is 18.6. The predicted molar refractivity (Wildman–Crippen MR) is 155 cm³/mol. The quantitative estimate of drug-likeness (QED) is 0.194. The van der Waals surface area contributed by atoms with E-state index in [0.29, 0.717) is 17.0 Å². The number of hydrazone groups is 1. The van der Waals surface area contributed by atoms with Crippen LogP contribution < -0.4 is 19.8 Å². The Morgan fingerprint density at radius 1 is 0.974 bits per heavy atom. The van der Waals surface area contributed by atoms with E-state index in [4.69, 9.17) is 4.74 Å². The molecule has 0 saturated carbocycles. The molecule has 0 saturated heterocycles. The molecule has 39 heavy (non-hydrogen) atoms.